The highest BCUT2D eigenvalue weighted by Crippen LogP contribution is 2.05. The molecule has 0 heterocycles. The van der Waals surface area contributed by atoms with E-state index in [0.29, 0.717) is 12.3 Å². The van der Waals surface area contributed by atoms with Crippen molar-refractivity contribution in [3.05, 3.63) is 12.7 Å². The lowest BCUT2D eigenvalue weighted by Crippen LogP contribution is -2.10. The van der Waals surface area contributed by atoms with E-state index in [1.54, 1.807) is 0 Å². The van der Waals surface area contributed by atoms with Gasteiger partial charge in [0.1, 0.15) is 0 Å². The first-order chi connectivity index (χ1) is 4.70. The van der Waals surface area contributed by atoms with E-state index in [1.807, 2.05) is 0 Å². The number of alkyl halides is 2. The Morgan fingerprint density at radius 2 is 2.40 bits per heavy atom. The van der Waals surface area contributed by atoms with Crippen molar-refractivity contribution < 1.29 is 9.53 Å². The van der Waals surface area contributed by atoms with Gasteiger partial charge in [0.25, 0.3) is 0 Å². The number of hydrogen-bond donors (Lipinski definition) is 0. The van der Waals surface area contributed by atoms with E-state index >= 15 is 0 Å². The molecule has 4 heteroatoms. The van der Waals surface area contributed by atoms with Crippen LogP contribution in [0.5, 0.6) is 0 Å². The predicted molar refractivity (Wildman–Crippen MR) is 41.3 cm³/mol. The van der Waals surface area contributed by atoms with Gasteiger partial charge in [-0.2, -0.15) is 0 Å². The Morgan fingerprint density at radius 3 is 2.80 bits per heavy atom. The first-order valence-corrected chi connectivity index (χ1v) is 3.71. The third-order valence-corrected chi connectivity index (χ3v) is 1.27. The number of rotatable bonds is 4. The third kappa shape index (κ3) is 4.65. The molecule has 0 aliphatic rings. The summed E-state index contributed by atoms with van der Waals surface area (Å²) >= 11 is 10.8. The highest BCUT2D eigenvalue weighted by atomic mass is 35.5. The van der Waals surface area contributed by atoms with Crippen molar-refractivity contribution in [2.24, 2.45) is 0 Å². The van der Waals surface area contributed by atoms with Crippen molar-refractivity contribution in [1.29, 1.82) is 0 Å². The van der Waals surface area contributed by atoms with Crippen molar-refractivity contribution in [3.63, 3.8) is 0 Å². The molecular weight excluding hydrogens is 175 g/mol. The van der Waals surface area contributed by atoms with Gasteiger partial charge in [-0.3, -0.25) is 0 Å². The minimum atomic E-state index is -0.636. The fourth-order valence-electron chi connectivity index (χ4n) is 0.319. The molecule has 0 spiro atoms. The topological polar surface area (TPSA) is 26.3 Å². The molecule has 0 saturated carbocycles. The molecule has 0 N–H and O–H groups in total. The van der Waals surface area contributed by atoms with Crippen LogP contribution in [0.1, 0.15) is 6.42 Å². The molecule has 1 atom stereocenters. The minimum absolute atomic E-state index is 0.374. The molecule has 0 aliphatic carbocycles. The average molecular weight is 183 g/mol. The van der Waals surface area contributed by atoms with Crippen LogP contribution < -0.4 is 0 Å². The fourth-order valence-corrected chi connectivity index (χ4v) is 0.826. The van der Waals surface area contributed by atoms with Crippen LogP contribution in [-0.4, -0.2) is 17.4 Å². The summed E-state index contributed by atoms with van der Waals surface area (Å²) < 4.78 is 4.56. The molecule has 0 rings (SSSR count). The molecule has 0 saturated heterocycles. The maximum absolute atomic E-state index is 10.4. The van der Waals surface area contributed by atoms with E-state index < -0.39 is 11.5 Å². The fraction of sp³-hybridized carbons (Fsp3) is 0.500. The van der Waals surface area contributed by atoms with Crippen LogP contribution in [0.25, 0.3) is 0 Å². The summed E-state index contributed by atoms with van der Waals surface area (Å²) in [6, 6.07) is 0. The van der Waals surface area contributed by atoms with E-state index in [0.717, 1.165) is 6.08 Å². The van der Waals surface area contributed by atoms with E-state index in [-0.39, 0.29) is 0 Å². The van der Waals surface area contributed by atoms with E-state index in [2.05, 4.69) is 11.3 Å². The molecule has 10 heavy (non-hydrogen) atoms. The van der Waals surface area contributed by atoms with Gasteiger partial charge in [-0.05, 0) is 0 Å². The lowest BCUT2D eigenvalue weighted by atomic mass is 10.5. The summed E-state index contributed by atoms with van der Waals surface area (Å²) in [7, 11) is 0. The number of carbonyl (C=O) groups is 1. The van der Waals surface area contributed by atoms with Crippen molar-refractivity contribution in [2.45, 2.75) is 12.0 Å². The first-order valence-electron chi connectivity index (χ1n) is 2.73. The number of ether oxygens (including phenoxy) is 1. The maximum atomic E-state index is 10.4. The zero-order valence-electron chi connectivity index (χ0n) is 5.35. The van der Waals surface area contributed by atoms with Crippen molar-refractivity contribution in [1.82, 2.24) is 0 Å². The van der Waals surface area contributed by atoms with Crippen molar-refractivity contribution in [2.75, 3.05) is 5.88 Å². The number of esters is 1. The van der Waals surface area contributed by atoms with Gasteiger partial charge >= 0.3 is 5.97 Å². The number of hydrogen-bond acceptors (Lipinski definition) is 2. The second kappa shape index (κ2) is 5.57. The molecule has 0 bridgehead atoms. The lowest BCUT2D eigenvalue weighted by molar-refractivity contribution is -0.139. The van der Waals surface area contributed by atoms with Crippen molar-refractivity contribution in [3.8, 4) is 0 Å². The second-order valence-electron chi connectivity index (χ2n) is 1.53. The molecule has 1 unspecified atom stereocenters. The van der Waals surface area contributed by atoms with Crippen LogP contribution >= 0.6 is 23.2 Å². The molecule has 0 fully saturated rings. The summed E-state index contributed by atoms with van der Waals surface area (Å²) in [4.78, 5) is 10.4. The summed E-state index contributed by atoms with van der Waals surface area (Å²) in [5.41, 5.74) is -0.636. The van der Waals surface area contributed by atoms with Crippen LogP contribution in [0.15, 0.2) is 12.7 Å². The average Bonchev–Trinajstić information content (AvgIpc) is 1.88. The second-order valence-corrected chi connectivity index (χ2v) is 2.39. The normalized spacial score (nSPS) is 12.2. The van der Waals surface area contributed by atoms with Crippen molar-refractivity contribution >= 4 is 29.2 Å². The van der Waals surface area contributed by atoms with Crippen LogP contribution in [0.2, 0.25) is 0 Å². The zero-order valence-corrected chi connectivity index (χ0v) is 6.86. The summed E-state index contributed by atoms with van der Waals surface area (Å²) in [6.45, 7) is 3.21. The Morgan fingerprint density at radius 1 is 1.80 bits per heavy atom. The summed E-state index contributed by atoms with van der Waals surface area (Å²) in [5, 5.41) is 0. The monoisotopic (exact) mass is 182 g/mol. The highest BCUT2D eigenvalue weighted by Gasteiger charge is 2.06. The first kappa shape index (κ1) is 9.79. The third-order valence-electron chi connectivity index (χ3n) is 0.747. The SMILES string of the molecule is C=CC(=O)OC(Cl)CCCl. The molecule has 0 radical (unpaired) electrons. The molecule has 0 aliphatic heterocycles. The van der Waals surface area contributed by atoms with Crippen LogP contribution in [0, 0.1) is 0 Å². The molecule has 0 aromatic rings. The number of carbonyl (C=O) groups excluding carboxylic acids is 1. The van der Waals surface area contributed by atoms with E-state index in [9.17, 15) is 4.79 Å². The zero-order chi connectivity index (χ0) is 7.98. The minimum Gasteiger partial charge on any atom is -0.443 e. The molecule has 0 aromatic heterocycles. The highest BCUT2D eigenvalue weighted by molar-refractivity contribution is 6.22. The van der Waals surface area contributed by atoms with Gasteiger partial charge in [-0.1, -0.05) is 18.2 Å². The Kier molecular flexibility index (Phi) is 5.45. The van der Waals surface area contributed by atoms with Gasteiger partial charge in [-0.25, -0.2) is 4.79 Å². The van der Waals surface area contributed by atoms with E-state index in [4.69, 9.17) is 23.2 Å². The van der Waals surface area contributed by atoms with E-state index in [1.165, 1.54) is 0 Å². The summed E-state index contributed by atoms with van der Waals surface area (Å²) in [5.74, 6) is -0.149. The molecule has 0 aromatic carbocycles. The predicted octanol–water partition coefficient (Wildman–Crippen LogP) is 1.91. The van der Waals surface area contributed by atoms with Gasteiger partial charge in [0.15, 0.2) is 5.56 Å². The standard InChI is InChI=1S/C6H8Cl2O2/c1-2-6(9)10-5(8)3-4-7/h2,5H,1,3-4H2. The molecule has 2 nitrogen and oxygen atoms in total. The van der Waals surface area contributed by atoms with Gasteiger partial charge in [0, 0.05) is 18.4 Å². The summed E-state index contributed by atoms with van der Waals surface area (Å²) in [6.07, 6.45) is 1.51. The van der Waals surface area contributed by atoms with Crippen LogP contribution in [0.4, 0.5) is 0 Å². The van der Waals surface area contributed by atoms with Gasteiger partial charge in [-0.15, -0.1) is 11.6 Å². The smallest absolute Gasteiger partial charge is 0.331 e. The lowest BCUT2D eigenvalue weighted by Gasteiger charge is -2.06. The molecule has 58 valence electrons. The quantitative estimate of drug-likeness (QED) is 0.378. The number of halogens is 2. The van der Waals surface area contributed by atoms with Gasteiger partial charge < -0.3 is 4.74 Å². The Labute approximate surface area is 69.8 Å². The molecular formula is C6H8Cl2O2. The largest absolute Gasteiger partial charge is 0.443 e. The maximum Gasteiger partial charge on any atom is 0.331 e. The Balaban J connectivity index is 3.46. The van der Waals surface area contributed by atoms with Gasteiger partial charge in [0.2, 0.25) is 0 Å². The Bertz CT molecular complexity index is 125. The van der Waals surface area contributed by atoms with Crippen LogP contribution in [-0.2, 0) is 9.53 Å². The van der Waals surface area contributed by atoms with Gasteiger partial charge in [0.05, 0.1) is 0 Å². The molecule has 0 amide bonds. The Hall–Kier alpha value is -0.210. The van der Waals surface area contributed by atoms with Crippen LogP contribution in [0.3, 0.4) is 0 Å².